The molecule has 0 atom stereocenters. The number of rotatable bonds is 4. The summed E-state index contributed by atoms with van der Waals surface area (Å²) in [5, 5.41) is 22.7. The van der Waals surface area contributed by atoms with Crippen LogP contribution < -0.4 is 0 Å². The standard InChI is InChI=1S/C17H20N2O3/c20-14-8-6-13(10-15(14)21)7-9-17-18-16(19-22-17)11-12-4-2-1-3-5-12/h6-10,12,20-21H,1-5,11H2. The molecule has 0 spiro atoms. The molecule has 5 heteroatoms. The van der Waals surface area contributed by atoms with Gasteiger partial charge in [-0.3, -0.25) is 0 Å². The Morgan fingerprint density at radius 2 is 1.91 bits per heavy atom. The molecule has 1 saturated carbocycles. The summed E-state index contributed by atoms with van der Waals surface area (Å²) in [6.07, 6.45) is 10.8. The van der Waals surface area contributed by atoms with E-state index in [0.29, 0.717) is 11.8 Å². The minimum Gasteiger partial charge on any atom is -0.504 e. The molecule has 116 valence electrons. The highest BCUT2D eigenvalue weighted by molar-refractivity contribution is 5.67. The Bertz CT molecular complexity index is 658. The lowest BCUT2D eigenvalue weighted by atomic mass is 9.87. The van der Waals surface area contributed by atoms with Crippen molar-refractivity contribution in [3.05, 3.63) is 35.5 Å². The molecule has 0 saturated heterocycles. The molecule has 5 nitrogen and oxygen atoms in total. The van der Waals surface area contributed by atoms with Crippen molar-refractivity contribution in [2.75, 3.05) is 0 Å². The zero-order valence-corrected chi connectivity index (χ0v) is 12.4. The van der Waals surface area contributed by atoms with E-state index in [1.807, 2.05) is 0 Å². The number of hydrogen-bond donors (Lipinski definition) is 2. The summed E-state index contributed by atoms with van der Waals surface area (Å²) in [5.41, 5.74) is 0.752. The highest BCUT2D eigenvalue weighted by Crippen LogP contribution is 2.27. The average Bonchev–Trinajstić information content (AvgIpc) is 2.97. The zero-order valence-electron chi connectivity index (χ0n) is 12.4. The van der Waals surface area contributed by atoms with Gasteiger partial charge < -0.3 is 14.7 Å². The van der Waals surface area contributed by atoms with Crippen molar-refractivity contribution >= 4 is 12.2 Å². The smallest absolute Gasteiger partial charge is 0.250 e. The topological polar surface area (TPSA) is 79.4 Å². The summed E-state index contributed by atoms with van der Waals surface area (Å²) in [4.78, 5) is 4.38. The Balaban J connectivity index is 1.63. The van der Waals surface area contributed by atoms with Crippen LogP contribution in [0.25, 0.3) is 12.2 Å². The van der Waals surface area contributed by atoms with Gasteiger partial charge in [-0.05, 0) is 29.7 Å². The molecule has 2 N–H and O–H groups in total. The van der Waals surface area contributed by atoms with Gasteiger partial charge in [-0.25, -0.2) is 0 Å². The maximum absolute atomic E-state index is 9.45. The molecular weight excluding hydrogens is 280 g/mol. The lowest BCUT2D eigenvalue weighted by molar-refractivity contribution is 0.342. The maximum atomic E-state index is 9.45. The Morgan fingerprint density at radius 3 is 2.68 bits per heavy atom. The van der Waals surface area contributed by atoms with E-state index in [1.54, 1.807) is 18.2 Å². The highest BCUT2D eigenvalue weighted by Gasteiger charge is 2.16. The number of phenols is 2. The van der Waals surface area contributed by atoms with Crippen LogP contribution >= 0.6 is 0 Å². The fourth-order valence-electron chi connectivity index (χ4n) is 2.88. The van der Waals surface area contributed by atoms with Gasteiger partial charge in [-0.2, -0.15) is 4.98 Å². The number of benzene rings is 1. The first-order chi connectivity index (χ1) is 10.7. The van der Waals surface area contributed by atoms with E-state index >= 15 is 0 Å². The van der Waals surface area contributed by atoms with Crippen LogP contribution in [0.15, 0.2) is 22.7 Å². The van der Waals surface area contributed by atoms with E-state index in [2.05, 4.69) is 10.1 Å². The van der Waals surface area contributed by atoms with Crippen LogP contribution in [0.2, 0.25) is 0 Å². The van der Waals surface area contributed by atoms with Crippen molar-refractivity contribution in [2.24, 2.45) is 5.92 Å². The van der Waals surface area contributed by atoms with Gasteiger partial charge in [0, 0.05) is 12.5 Å². The van der Waals surface area contributed by atoms with Crippen LogP contribution in [-0.4, -0.2) is 20.4 Å². The van der Waals surface area contributed by atoms with Gasteiger partial charge in [-0.15, -0.1) is 0 Å². The van der Waals surface area contributed by atoms with Crippen LogP contribution in [0.4, 0.5) is 0 Å². The summed E-state index contributed by atoms with van der Waals surface area (Å²) in [6.45, 7) is 0. The largest absolute Gasteiger partial charge is 0.504 e. The number of aromatic hydroxyl groups is 2. The van der Waals surface area contributed by atoms with Crippen molar-refractivity contribution in [1.82, 2.24) is 10.1 Å². The minimum absolute atomic E-state index is 0.135. The van der Waals surface area contributed by atoms with E-state index in [4.69, 9.17) is 4.52 Å². The molecule has 1 fully saturated rings. The van der Waals surface area contributed by atoms with Gasteiger partial charge >= 0.3 is 0 Å². The molecule has 2 aromatic rings. The molecule has 0 aliphatic heterocycles. The van der Waals surface area contributed by atoms with Crippen LogP contribution in [0.1, 0.15) is 49.4 Å². The van der Waals surface area contributed by atoms with E-state index in [1.165, 1.54) is 44.2 Å². The molecule has 1 aromatic heterocycles. The van der Waals surface area contributed by atoms with Crippen LogP contribution in [0.5, 0.6) is 11.5 Å². The molecule has 1 aliphatic rings. The molecule has 0 amide bonds. The third kappa shape index (κ3) is 3.67. The van der Waals surface area contributed by atoms with E-state index in [0.717, 1.165) is 17.8 Å². The fraction of sp³-hybridized carbons (Fsp3) is 0.412. The molecule has 3 rings (SSSR count). The lowest BCUT2D eigenvalue weighted by Gasteiger charge is -2.19. The molecule has 1 heterocycles. The number of phenolic OH excluding ortho intramolecular Hbond substituents is 2. The lowest BCUT2D eigenvalue weighted by Crippen LogP contribution is -2.10. The van der Waals surface area contributed by atoms with E-state index < -0.39 is 0 Å². The van der Waals surface area contributed by atoms with Crippen molar-refractivity contribution in [2.45, 2.75) is 38.5 Å². The molecule has 1 aromatic carbocycles. The second-order valence-corrected chi connectivity index (χ2v) is 5.84. The summed E-state index contributed by atoms with van der Waals surface area (Å²) >= 11 is 0. The van der Waals surface area contributed by atoms with Crippen molar-refractivity contribution < 1.29 is 14.7 Å². The van der Waals surface area contributed by atoms with Crippen molar-refractivity contribution in [3.8, 4) is 11.5 Å². The van der Waals surface area contributed by atoms with Gasteiger partial charge in [0.25, 0.3) is 5.89 Å². The second kappa shape index (κ2) is 6.64. The number of hydrogen-bond acceptors (Lipinski definition) is 5. The van der Waals surface area contributed by atoms with Crippen LogP contribution in [0.3, 0.4) is 0 Å². The summed E-state index contributed by atoms with van der Waals surface area (Å²) in [7, 11) is 0. The number of nitrogens with zero attached hydrogens (tertiary/aromatic N) is 2. The van der Waals surface area contributed by atoms with E-state index in [9.17, 15) is 10.2 Å². The second-order valence-electron chi connectivity index (χ2n) is 5.84. The Hall–Kier alpha value is -2.30. The Labute approximate surface area is 129 Å². The van der Waals surface area contributed by atoms with Gasteiger partial charge in [-0.1, -0.05) is 43.3 Å². The normalized spacial score (nSPS) is 16.4. The Kier molecular flexibility index (Phi) is 4.42. The quantitative estimate of drug-likeness (QED) is 0.840. The first kappa shape index (κ1) is 14.6. The van der Waals surface area contributed by atoms with Crippen LogP contribution in [0, 0.1) is 5.92 Å². The SMILES string of the molecule is Oc1ccc(C=Cc2nc(CC3CCCCC3)no2)cc1O. The average molecular weight is 300 g/mol. The third-order valence-corrected chi connectivity index (χ3v) is 4.10. The fourth-order valence-corrected chi connectivity index (χ4v) is 2.88. The maximum Gasteiger partial charge on any atom is 0.250 e. The minimum atomic E-state index is -0.148. The van der Waals surface area contributed by atoms with Gasteiger partial charge in [0.05, 0.1) is 0 Å². The van der Waals surface area contributed by atoms with Crippen molar-refractivity contribution in [1.29, 1.82) is 0 Å². The molecule has 1 aliphatic carbocycles. The van der Waals surface area contributed by atoms with E-state index in [-0.39, 0.29) is 11.5 Å². The molecule has 22 heavy (non-hydrogen) atoms. The van der Waals surface area contributed by atoms with Crippen LogP contribution in [-0.2, 0) is 6.42 Å². The summed E-state index contributed by atoms with van der Waals surface area (Å²) in [6, 6.07) is 4.62. The summed E-state index contributed by atoms with van der Waals surface area (Å²) in [5.74, 6) is 1.62. The highest BCUT2D eigenvalue weighted by atomic mass is 16.5. The molecule has 0 radical (unpaired) electrons. The summed E-state index contributed by atoms with van der Waals surface area (Å²) < 4.78 is 5.22. The predicted molar refractivity (Wildman–Crippen MR) is 83.3 cm³/mol. The molecule has 0 unspecified atom stereocenters. The molecular formula is C17H20N2O3. The predicted octanol–water partition coefficient (Wildman–Crippen LogP) is 3.77. The third-order valence-electron chi connectivity index (χ3n) is 4.10. The number of aromatic nitrogens is 2. The zero-order chi connectivity index (χ0) is 15.4. The first-order valence-corrected chi connectivity index (χ1v) is 7.73. The van der Waals surface area contributed by atoms with Gasteiger partial charge in [0.1, 0.15) is 0 Å². The Morgan fingerprint density at radius 1 is 1.09 bits per heavy atom. The van der Waals surface area contributed by atoms with Crippen molar-refractivity contribution in [3.63, 3.8) is 0 Å². The first-order valence-electron chi connectivity index (χ1n) is 7.73. The van der Waals surface area contributed by atoms with Gasteiger partial charge in [0.2, 0.25) is 0 Å². The van der Waals surface area contributed by atoms with Gasteiger partial charge in [0.15, 0.2) is 17.3 Å². The monoisotopic (exact) mass is 300 g/mol. The molecule has 0 bridgehead atoms.